The molecule has 0 saturated carbocycles. The average molecular weight is 385 g/mol. The summed E-state index contributed by atoms with van der Waals surface area (Å²) in [4.78, 5) is 17.9. The summed E-state index contributed by atoms with van der Waals surface area (Å²) in [5, 5.41) is 3.07. The van der Waals surface area contributed by atoms with Crippen molar-refractivity contribution in [2.45, 2.75) is 6.54 Å². The van der Waals surface area contributed by atoms with Crippen molar-refractivity contribution < 1.29 is 9.53 Å². The lowest BCUT2D eigenvalue weighted by Crippen LogP contribution is -2.49. The highest BCUT2D eigenvalue weighted by Gasteiger charge is 2.21. The molecule has 7 heteroatoms. The molecule has 0 atom stereocenters. The maximum absolute atomic E-state index is 12.3. The van der Waals surface area contributed by atoms with Gasteiger partial charge in [0.15, 0.2) is 6.61 Å². The topological polar surface area (TPSA) is 32.8 Å². The molecule has 1 saturated heterocycles. The molecule has 1 fully saturated rings. The van der Waals surface area contributed by atoms with E-state index < -0.39 is 0 Å². The zero-order valence-electron chi connectivity index (χ0n) is 13.1. The number of rotatable bonds is 5. The first-order valence-electron chi connectivity index (χ1n) is 7.72. The van der Waals surface area contributed by atoms with Crippen LogP contribution < -0.4 is 4.74 Å². The molecule has 0 spiro atoms. The van der Waals surface area contributed by atoms with Gasteiger partial charge in [0, 0.05) is 48.7 Å². The van der Waals surface area contributed by atoms with E-state index in [1.165, 1.54) is 4.88 Å². The highest BCUT2D eigenvalue weighted by Crippen LogP contribution is 2.27. The Kier molecular flexibility index (Phi) is 6.00. The average Bonchev–Trinajstić information content (AvgIpc) is 3.09. The van der Waals surface area contributed by atoms with Crippen molar-refractivity contribution in [1.82, 2.24) is 9.80 Å². The van der Waals surface area contributed by atoms with E-state index in [0.717, 1.165) is 32.7 Å². The molecule has 4 nitrogen and oxygen atoms in total. The number of amides is 1. The molecule has 0 unspecified atom stereocenters. The van der Waals surface area contributed by atoms with Crippen LogP contribution in [0.25, 0.3) is 0 Å². The number of hydrogen-bond donors (Lipinski definition) is 0. The van der Waals surface area contributed by atoms with Gasteiger partial charge in [-0.05, 0) is 23.6 Å². The molecule has 24 heavy (non-hydrogen) atoms. The van der Waals surface area contributed by atoms with Crippen LogP contribution in [0.1, 0.15) is 4.88 Å². The lowest BCUT2D eigenvalue weighted by Gasteiger charge is -2.34. The number of thiophene rings is 1. The molecule has 1 aliphatic rings. The maximum atomic E-state index is 12.3. The molecule has 1 aliphatic heterocycles. The third kappa shape index (κ3) is 4.63. The Morgan fingerprint density at radius 1 is 1.17 bits per heavy atom. The Labute approximate surface area is 155 Å². The van der Waals surface area contributed by atoms with Gasteiger partial charge in [-0.2, -0.15) is 0 Å². The maximum Gasteiger partial charge on any atom is 0.260 e. The Morgan fingerprint density at radius 2 is 1.96 bits per heavy atom. The Bertz CT molecular complexity index is 686. The standard InChI is InChI=1S/C17H18Cl2N2O2S/c18-13-3-4-15(19)16(10-13)23-12-17(22)21-7-5-20(6-8-21)11-14-2-1-9-24-14/h1-4,9-10H,5-8,11-12H2. The second-order valence-corrected chi connectivity index (χ2v) is 7.48. The molecule has 0 N–H and O–H groups in total. The van der Waals surface area contributed by atoms with Gasteiger partial charge in [0.25, 0.3) is 5.91 Å². The number of ether oxygens (including phenoxy) is 1. The summed E-state index contributed by atoms with van der Waals surface area (Å²) in [6, 6.07) is 9.18. The quantitative estimate of drug-likeness (QED) is 0.786. The van der Waals surface area contributed by atoms with E-state index in [-0.39, 0.29) is 12.5 Å². The van der Waals surface area contributed by atoms with Gasteiger partial charge in [-0.3, -0.25) is 9.69 Å². The van der Waals surface area contributed by atoms with Gasteiger partial charge >= 0.3 is 0 Å². The minimum absolute atomic E-state index is 0.0228. The molecule has 1 aromatic carbocycles. The van der Waals surface area contributed by atoms with Crippen molar-refractivity contribution in [2.75, 3.05) is 32.8 Å². The van der Waals surface area contributed by atoms with Crippen LogP contribution in [0.15, 0.2) is 35.7 Å². The largest absolute Gasteiger partial charge is 0.482 e. The van der Waals surface area contributed by atoms with Crippen LogP contribution >= 0.6 is 34.5 Å². The summed E-state index contributed by atoms with van der Waals surface area (Å²) < 4.78 is 5.53. The number of hydrogen-bond acceptors (Lipinski definition) is 4. The van der Waals surface area contributed by atoms with Gasteiger partial charge in [-0.1, -0.05) is 29.3 Å². The highest BCUT2D eigenvalue weighted by atomic mass is 35.5. The summed E-state index contributed by atoms with van der Waals surface area (Å²) in [7, 11) is 0. The molecular weight excluding hydrogens is 367 g/mol. The van der Waals surface area contributed by atoms with E-state index in [1.807, 2.05) is 4.90 Å². The van der Waals surface area contributed by atoms with E-state index in [4.69, 9.17) is 27.9 Å². The van der Waals surface area contributed by atoms with Crippen molar-refractivity contribution in [3.8, 4) is 5.75 Å². The van der Waals surface area contributed by atoms with Crippen LogP contribution in [0.5, 0.6) is 5.75 Å². The molecule has 0 aliphatic carbocycles. The Balaban J connectivity index is 1.46. The van der Waals surface area contributed by atoms with E-state index in [0.29, 0.717) is 15.8 Å². The van der Waals surface area contributed by atoms with Gasteiger partial charge in [0.05, 0.1) is 5.02 Å². The number of nitrogens with zero attached hydrogens (tertiary/aromatic N) is 2. The van der Waals surface area contributed by atoms with Gasteiger partial charge in [0.2, 0.25) is 0 Å². The lowest BCUT2D eigenvalue weighted by atomic mass is 10.3. The van der Waals surface area contributed by atoms with E-state index in [9.17, 15) is 4.79 Å². The normalized spacial score (nSPS) is 15.5. The summed E-state index contributed by atoms with van der Waals surface area (Å²) in [6.07, 6.45) is 0. The van der Waals surface area contributed by atoms with Gasteiger partial charge in [0.1, 0.15) is 5.75 Å². The Morgan fingerprint density at radius 3 is 2.67 bits per heavy atom. The fraction of sp³-hybridized carbons (Fsp3) is 0.353. The SMILES string of the molecule is O=C(COc1cc(Cl)ccc1Cl)N1CCN(Cc2cccs2)CC1. The molecule has 0 radical (unpaired) electrons. The van der Waals surface area contributed by atoms with Crippen LogP contribution in [-0.2, 0) is 11.3 Å². The van der Waals surface area contributed by atoms with Crippen molar-refractivity contribution in [2.24, 2.45) is 0 Å². The van der Waals surface area contributed by atoms with Gasteiger partial charge < -0.3 is 9.64 Å². The Hall–Kier alpha value is -1.27. The van der Waals surface area contributed by atoms with Crippen molar-refractivity contribution in [3.63, 3.8) is 0 Å². The first-order chi connectivity index (χ1) is 11.6. The predicted molar refractivity (Wildman–Crippen MR) is 98.1 cm³/mol. The number of benzene rings is 1. The van der Waals surface area contributed by atoms with Crippen LogP contribution in [0, 0.1) is 0 Å². The van der Waals surface area contributed by atoms with Crippen molar-refractivity contribution in [3.05, 3.63) is 50.6 Å². The smallest absolute Gasteiger partial charge is 0.260 e. The lowest BCUT2D eigenvalue weighted by molar-refractivity contribution is -0.135. The molecule has 0 bridgehead atoms. The predicted octanol–water partition coefficient (Wildman–Crippen LogP) is 3.78. The number of piperazine rings is 1. The number of carbonyl (C=O) groups excluding carboxylic acids is 1. The summed E-state index contributed by atoms with van der Waals surface area (Å²) in [5.74, 6) is 0.413. The van der Waals surface area contributed by atoms with Crippen molar-refractivity contribution >= 4 is 40.4 Å². The molecule has 1 amide bonds. The van der Waals surface area contributed by atoms with Crippen LogP contribution in [0.4, 0.5) is 0 Å². The minimum atomic E-state index is -0.0261. The zero-order valence-corrected chi connectivity index (χ0v) is 15.4. The first-order valence-corrected chi connectivity index (χ1v) is 9.36. The second-order valence-electron chi connectivity index (χ2n) is 5.60. The third-order valence-electron chi connectivity index (χ3n) is 3.93. The minimum Gasteiger partial charge on any atom is -0.482 e. The monoisotopic (exact) mass is 384 g/mol. The highest BCUT2D eigenvalue weighted by molar-refractivity contribution is 7.09. The van der Waals surface area contributed by atoms with Crippen LogP contribution in [-0.4, -0.2) is 48.5 Å². The summed E-state index contributed by atoms with van der Waals surface area (Å²) in [6.45, 7) is 4.12. The zero-order chi connectivity index (χ0) is 16.9. The van der Waals surface area contributed by atoms with E-state index in [1.54, 1.807) is 29.5 Å². The van der Waals surface area contributed by atoms with Crippen LogP contribution in [0.2, 0.25) is 10.0 Å². The fourth-order valence-electron chi connectivity index (χ4n) is 2.60. The van der Waals surface area contributed by atoms with Crippen LogP contribution in [0.3, 0.4) is 0 Å². The molecule has 2 aromatic rings. The summed E-state index contributed by atoms with van der Waals surface area (Å²) >= 11 is 13.7. The number of carbonyl (C=O) groups is 1. The van der Waals surface area contributed by atoms with Gasteiger partial charge in [-0.15, -0.1) is 11.3 Å². The molecule has 1 aromatic heterocycles. The molecule has 2 heterocycles. The third-order valence-corrected chi connectivity index (χ3v) is 5.34. The second kappa shape index (κ2) is 8.21. The van der Waals surface area contributed by atoms with Gasteiger partial charge in [-0.25, -0.2) is 0 Å². The molecule has 128 valence electrons. The van der Waals surface area contributed by atoms with E-state index >= 15 is 0 Å². The summed E-state index contributed by atoms with van der Waals surface area (Å²) in [5.41, 5.74) is 0. The van der Waals surface area contributed by atoms with Crippen molar-refractivity contribution in [1.29, 1.82) is 0 Å². The molecular formula is C17H18Cl2N2O2S. The molecule has 3 rings (SSSR count). The first kappa shape index (κ1) is 17.5. The fourth-order valence-corrected chi connectivity index (χ4v) is 3.68. The van der Waals surface area contributed by atoms with E-state index in [2.05, 4.69) is 22.4 Å². The number of halogens is 2.